The molecule has 0 fully saturated rings. The van der Waals surface area contributed by atoms with E-state index < -0.39 is 6.23 Å². The Kier molecular flexibility index (Phi) is 6.46. The molecule has 4 rings (SSSR count). The number of carbonyl (C=O) groups excluding carboxylic acids is 1. The molecule has 1 aliphatic heterocycles. The Hall–Kier alpha value is -2.93. The van der Waals surface area contributed by atoms with E-state index in [4.69, 9.17) is 9.72 Å². The van der Waals surface area contributed by atoms with Crippen LogP contribution < -0.4 is 9.64 Å². The number of hydrogen-bond acceptors (Lipinski definition) is 6. The third-order valence-electron chi connectivity index (χ3n) is 5.44. The van der Waals surface area contributed by atoms with Gasteiger partial charge in [0.2, 0.25) is 23.2 Å². The molecule has 0 saturated carbocycles. The van der Waals surface area contributed by atoms with Crippen LogP contribution in [0.5, 0.6) is 5.88 Å². The van der Waals surface area contributed by atoms with Crippen LogP contribution >= 0.6 is 11.8 Å². The number of aryl methyl sites for hydroxylation is 2. The molecule has 1 amide bonds. The Bertz CT molecular complexity index is 1150. The zero-order valence-corrected chi connectivity index (χ0v) is 19.9. The summed E-state index contributed by atoms with van der Waals surface area (Å²) in [7, 11) is 0. The van der Waals surface area contributed by atoms with Gasteiger partial charge in [-0.3, -0.25) is 9.69 Å². The summed E-state index contributed by atoms with van der Waals surface area (Å²) in [5, 5.41) is 9.39. The number of carbonyl (C=O) groups is 1. The first-order valence-electron chi connectivity index (χ1n) is 10.9. The van der Waals surface area contributed by atoms with Gasteiger partial charge in [-0.05, 0) is 37.0 Å². The first kappa shape index (κ1) is 22.3. The van der Waals surface area contributed by atoms with Crippen LogP contribution in [0, 0.1) is 19.8 Å². The van der Waals surface area contributed by atoms with Crippen molar-refractivity contribution in [1.82, 2.24) is 15.2 Å². The van der Waals surface area contributed by atoms with E-state index in [9.17, 15) is 4.79 Å². The van der Waals surface area contributed by atoms with Crippen LogP contribution in [0.4, 0.5) is 5.69 Å². The molecule has 6 nitrogen and oxygen atoms in total. The summed E-state index contributed by atoms with van der Waals surface area (Å²) in [6.45, 7) is 10.3. The minimum absolute atomic E-state index is 0.0316. The number of para-hydroxylation sites is 1. The zero-order valence-electron chi connectivity index (χ0n) is 19.1. The fourth-order valence-electron chi connectivity index (χ4n) is 3.59. The lowest BCUT2D eigenvalue weighted by molar-refractivity contribution is -0.120. The van der Waals surface area contributed by atoms with E-state index in [0.29, 0.717) is 29.1 Å². The molecule has 2 heterocycles. The normalized spacial score (nSPS) is 15.1. The average Bonchev–Trinajstić information content (AvgIpc) is 2.93. The second kappa shape index (κ2) is 9.28. The molecule has 7 heteroatoms. The lowest BCUT2D eigenvalue weighted by Gasteiger charge is -2.31. The van der Waals surface area contributed by atoms with E-state index in [2.05, 4.69) is 50.0 Å². The molecular formula is C25H28N4O2S. The Labute approximate surface area is 193 Å². The quantitative estimate of drug-likeness (QED) is 0.464. The fraction of sp³-hybridized carbons (Fsp3) is 0.360. The van der Waals surface area contributed by atoms with Crippen LogP contribution in [0.25, 0.3) is 11.3 Å². The first-order valence-corrected chi connectivity index (χ1v) is 11.9. The third-order valence-corrected chi connectivity index (χ3v) is 6.71. The number of fused-ring (bicyclic) bond motifs is 3. The van der Waals surface area contributed by atoms with Gasteiger partial charge in [0.15, 0.2) is 5.69 Å². The van der Waals surface area contributed by atoms with Crippen molar-refractivity contribution in [2.75, 3.05) is 10.7 Å². The second-order valence-corrected chi connectivity index (χ2v) is 9.39. The molecule has 32 heavy (non-hydrogen) atoms. The van der Waals surface area contributed by atoms with Crippen molar-refractivity contribution in [1.29, 1.82) is 0 Å². The van der Waals surface area contributed by atoms with Gasteiger partial charge in [-0.25, -0.2) is 0 Å². The molecule has 1 unspecified atom stereocenters. The number of aromatic nitrogens is 3. The van der Waals surface area contributed by atoms with Crippen molar-refractivity contribution < 1.29 is 9.53 Å². The molecule has 0 saturated heterocycles. The smallest absolute Gasteiger partial charge is 0.247 e. The van der Waals surface area contributed by atoms with Crippen LogP contribution in [0.3, 0.4) is 0 Å². The largest absolute Gasteiger partial charge is 0.447 e. The van der Waals surface area contributed by atoms with Gasteiger partial charge in [-0.2, -0.15) is 4.98 Å². The minimum Gasteiger partial charge on any atom is -0.447 e. The van der Waals surface area contributed by atoms with Crippen LogP contribution in [0.15, 0.2) is 47.6 Å². The highest BCUT2D eigenvalue weighted by molar-refractivity contribution is 7.99. The molecule has 1 aromatic heterocycles. The van der Waals surface area contributed by atoms with Crippen LogP contribution in [-0.4, -0.2) is 26.8 Å². The highest BCUT2D eigenvalue weighted by Crippen LogP contribution is 2.43. The number of anilines is 1. The molecule has 1 aliphatic rings. The molecule has 0 spiro atoms. The van der Waals surface area contributed by atoms with Gasteiger partial charge in [-0.15, -0.1) is 10.2 Å². The van der Waals surface area contributed by atoms with E-state index in [1.807, 2.05) is 37.3 Å². The summed E-state index contributed by atoms with van der Waals surface area (Å²) in [4.78, 5) is 19.6. The predicted molar refractivity (Wildman–Crippen MR) is 128 cm³/mol. The maximum absolute atomic E-state index is 13.2. The standard InChI is InChI=1S/C25H28N4O2S/c1-6-21(30)29-20-10-8-7-9-19(20)22-23(26-25(28-27-22)32-14-15(2)3)31-24(29)18-12-11-16(4)17(5)13-18/h7-13,15,24H,6,14H2,1-5H3. The summed E-state index contributed by atoms with van der Waals surface area (Å²) in [5.41, 5.74) is 5.31. The number of benzene rings is 2. The van der Waals surface area contributed by atoms with Gasteiger partial charge in [0.1, 0.15) is 0 Å². The van der Waals surface area contributed by atoms with Crippen molar-refractivity contribution in [2.45, 2.75) is 52.4 Å². The van der Waals surface area contributed by atoms with Crippen LogP contribution in [-0.2, 0) is 4.79 Å². The molecule has 0 aliphatic carbocycles. The minimum atomic E-state index is -0.649. The van der Waals surface area contributed by atoms with E-state index >= 15 is 0 Å². The number of amides is 1. The molecule has 0 bridgehead atoms. The van der Waals surface area contributed by atoms with E-state index in [-0.39, 0.29) is 5.91 Å². The SMILES string of the molecule is CCC(=O)N1c2ccccc2-c2nnc(SCC(C)C)nc2OC1c1ccc(C)c(C)c1. The Morgan fingerprint density at radius 1 is 1.12 bits per heavy atom. The van der Waals surface area contributed by atoms with Crippen molar-refractivity contribution in [3.63, 3.8) is 0 Å². The molecule has 2 aromatic carbocycles. The summed E-state index contributed by atoms with van der Waals surface area (Å²) in [6.07, 6.45) is -0.298. The third kappa shape index (κ3) is 4.35. The molecule has 3 aromatic rings. The summed E-state index contributed by atoms with van der Waals surface area (Å²) >= 11 is 1.56. The van der Waals surface area contributed by atoms with Crippen molar-refractivity contribution >= 4 is 23.4 Å². The first-order chi connectivity index (χ1) is 15.4. The maximum Gasteiger partial charge on any atom is 0.247 e. The Morgan fingerprint density at radius 3 is 2.62 bits per heavy atom. The summed E-state index contributed by atoms with van der Waals surface area (Å²) in [6, 6.07) is 13.9. The molecule has 1 atom stereocenters. The summed E-state index contributed by atoms with van der Waals surface area (Å²) in [5.74, 6) is 1.76. The number of rotatable bonds is 5. The zero-order chi connectivity index (χ0) is 22.8. The Balaban J connectivity index is 1.89. The highest BCUT2D eigenvalue weighted by Gasteiger charge is 2.35. The summed E-state index contributed by atoms with van der Waals surface area (Å²) < 4.78 is 6.48. The predicted octanol–water partition coefficient (Wildman–Crippen LogP) is 5.74. The van der Waals surface area contributed by atoms with Crippen LogP contribution in [0.1, 0.15) is 50.1 Å². The van der Waals surface area contributed by atoms with Crippen molar-refractivity contribution in [3.8, 4) is 17.1 Å². The highest BCUT2D eigenvalue weighted by atomic mass is 32.2. The lowest BCUT2D eigenvalue weighted by Crippen LogP contribution is -2.37. The number of ether oxygens (including phenoxy) is 1. The number of thioether (sulfide) groups is 1. The lowest BCUT2D eigenvalue weighted by atomic mass is 10.0. The van der Waals surface area contributed by atoms with Gasteiger partial charge in [0, 0.05) is 23.3 Å². The maximum atomic E-state index is 13.2. The Morgan fingerprint density at radius 2 is 1.91 bits per heavy atom. The van der Waals surface area contributed by atoms with Gasteiger partial charge in [-0.1, -0.05) is 68.9 Å². The van der Waals surface area contributed by atoms with E-state index in [1.165, 1.54) is 5.56 Å². The van der Waals surface area contributed by atoms with Crippen molar-refractivity contribution in [2.24, 2.45) is 5.92 Å². The molecule has 0 radical (unpaired) electrons. The topological polar surface area (TPSA) is 68.2 Å². The molecule has 166 valence electrons. The van der Waals surface area contributed by atoms with Gasteiger partial charge in [0.05, 0.1) is 5.69 Å². The fourth-order valence-corrected chi connectivity index (χ4v) is 4.32. The number of hydrogen-bond donors (Lipinski definition) is 0. The molecule has 0 N–H and O–H groups in total. The van der Waals surface area contributed by atoms with Crippen LogP contribution in [0.2, 0.25) is 0 Å². The monoisotopic (exact) mass is 448 g/mol. The van der Waals surface area contributed by atoms with E-state index in [0.717, 1.165) is 28.1 Å². The van der Waals surface area contributed by atoms with Gasteiger partial charge < -0.3 is 4.74 Å². The van der Waals surface area contributed by atoms with Gasteiger partial charge >= 0.3 is 0 Å². The van der Waals surface area contributed by atoms with Crippen molar-refractivity contribution in [3.05, 3.63) is 59.2 Å². The van der Waals surface area contributed by atoms with E-state index in [1.54, 1.807) is 16.7 Å². The number of nitrogens with zero attached hydrogens (tertiary/aromatic N) is 4. The molecular weight excluding hydrogens is 420 g/mol. The average molecular weight is 449 g/mol. The van der Waals surface area contributed by atoms with Gasteiger partial charge in [0.25, 0.3) is 0 Å². The second-order valence-electron chi connectivity index (χ2n) is 8.40.